The van der Waals surface area contributed by atoms with E-state index in [-0.39, 0.29) is 0 Å². The molecule has 218 valence electrons. The summed E-state index contributed by atoms with van der Waals surface area (Å²) in [4.78, 5) is 0. The van der Waals surface area contributed by atoms with Gasteiger partial charge >= 0.3 is 0 Å². The van der Waals surface area contributed by atoms with Crippen molar-refractivity contribution in [3.63, 3.8) is 0 Å². The monoisotopic (exact) mass is 570 g/mol. The number of rotatable bonds is 12. The Balaban J connectivity index is 0.00000205. The molecule has 2 aromatic rings. The van der Waals surface area contributed by atoms with Crippen LogP contribution in [0.5, 0.6) is 11.5 Å². The summed E-state index contributed by atoms with van der Waals surface area (Å²) < 4.78 is 24.7. The molecule has 2 aromatic carbocycles. The molecular weight excluding hydrogens is 517 g/mol. The largest absolute Gasteiger partial charge is 0.494 e. The normalized spacial score (nSPS) is 26.8. The van der Waals surface area contributed by atoms with Gasteiger partial charge in [0.15, 0.2) is 16.6 Å². The highest BCUT2D eigenvalue weighted by molar-refractivity contribution is 6.73. The lowest BCUT2D eigenvalue weighted by atomic mass is 10.0. The van der Waals surface area contributed by atoms with E-state index in [0.29, 0.717) is 12.2 Å². The molecule has 0 N–H and O–H groups in total. The van der Waals surface area contributed by atoms with E-state index in [1.165, 1.54) is 61.0 Å². The van der Waals surface area contributed by atoms with Gasteiger partial charge in [0.2, 0.25) is 0 Å². The molecule has 2 heterocycles. The minimum Gasteiger partial charge on any atom is -0.494 e. The first-order chi connectivity index (χ1) is 18.8. The molecule has 6 heteroatoms. The lowest BCUT2D eigenvalue weighted by molar-refractivity contribution is 0.174. The van der Waals surface area contributed by atoms with Crippen molar-refractivity contribution in [1.82, 2.24) is 0 Å². The Labute approximate surface area is 241 Å². The molecule has 0 saturated carbocycles. The zero-order valence-corrected chi connectivity index (χ0v) is 27.6. The summed E-state index contributed by atoms with van der Waals surface area (Å²) in [6.07, 6.45) is 9.08. The fourth-order valence-electron chi connectivity index (χ4n) is 6.02. The van der Waals surface area contributed by atoms with Gasteiger partial charge in [-0.2, -0.15) is 0 Å². The molecule has 4 rings (SSSR count). The standard InChI is InChI=1S/C31H48O4Si2.C2H6/c1-26-9-5-21-36(3,34-26)23-7-19-32-30-15-11-28(12-16-30)25-29-13-17-31(18-14-29)33-20-8-24-37(4)22-6-10-27(2)35-37;1-2/h11-18,26-27H,5-10,19-25H2,1-4H3;1-2H3. The summed E-state index contributed by atoms with van der Waals surface area (Å²) in [5, 5.41) is 0. The molecule has 0 amide bonds. The molecular formula is C33H54O4Si2. The first-order valence-corrected chi connectivity index (χ1v) is 21.2. The highest BCUT2D eigenvalue weighted by Crippen LogP contribution is 2.31. The first-order valence-electron chi connectivity index (χ1n) is 15.6. The van der Waals surface area contributed by atoms with Gasteiger partial charge in [-0.25, -0.2) is 0 Å². The van der Waals surface area contributed by atoms with Crippen LogP contribution in [-0.4, -0.2) is 42.1 Å². The third kappa shape index (κ3) is 11.1. The van der Waals surface area contributed by atoms with Gasteiger partial charge in [-0.3, -0.25) is 0 Å². The molecule has 0 aromatic heterocycles. The van der Waals surface area contributed by atoms with E-state index in [9.17, 15) is 0 Å². The molecule has 0 bridgehead atoms. The molecule has 2 fully saturated rings. The van der Waals surface area contributed by atoms with Crippen molar-refractivity contribution in [2.45, 2.75) is 122 Å². The topological polar surface area (TPSA) is 36.9 Å². The Bertz CT molecular complexity index is 874. The Morgan fingerprint density at radius 3 is 1.41 bits per heavy atom. The van der Waals surface area contributed by atoms with Gasteiger partial charge in [0.05, 0.1) is 13.2 Å². The molecule has 4 unspecified atom stereocenters. The predicted octanol–water partition coefficient (Wildman–Crippen LogP) is 9.39. The van der Waals surface area contributed by atoms with E-state index in [1.807, 2.05) is 13.8 Å². The van der Waals surface area contributed by atoms with Crippen LogP contribution >= 0.6 is 0 Å². The molecule has 2 aliphatic heterocycles. The Morgan fingerprint density at radius 2 is 1.05 bits per heavy atom. The van der Waals surface area contributed by atoms with Gasteiger partial charge in [-0.05, 0) is 119 Å². The second kappa shape index (κ2) is 16.0. The summed E-state index contributed by atoms with van der Waals surface area (Å²) in [7, 11) is -3.02. The Hall–Kier alpha value is -1.61. The Kier molecular flexibility index (Phi) is 13.1. The predicted molar refractivity (Wildman–Crippen MR) is 169 cm³/mol. The van der Waals surface area contributed by atoms with Crippen molar-refractivity contribution in [3.8, 4) is 11.5 Å². The molecule has 4 nitrogen and oxygen atoms in total. The van der Waals surface area contributed by atoms with Crippen molar-refractivity contribution < 1.29 is 18.3 Å². The SMILES string of the molecule is CC.CC1CCC[Si](C)(CCCOc2ccc(Cc3ccc(OCCC[Si]4(C)CCCC(C)O4)cc3)cc2)O1. The highest BCUT2D eigenvalue weighted by atomic mass is 28.4. The first kappa shape index (κ1) is 31.9. The zero-order valence-electron chi connectivity index (χ0n) is 25.6. The molecule has 4 atom stereocenters. The van der Waals surface area contributed by atoms with Crippen LogP contribution < -0.4 is 9.47 Å². The van der Waals surface area contributed by atoms with E-state index < -0.39 is 16.6 Å². The zero-order chi connectivity index (χ0) is 28.1. The van der Waals surface area contributed by atoms with Gasteiger partial charge in [-0.15, -0.1) is 0 Å². The summed E-state index contributed by atoms with van der Waals surface area (Å²) in [6, 6.07) is 22.1. The molecule has 2 saturated heterocycles. The van der Waals surface area contributed by atoms with Crippen LogP contribution in [0.2, 0.25) is 37.3 Å². The molecule has 2 aliphatic rings. The van der Waals surface area contributed by atoms with Crippen LogP contribution in [0.15, 0.2) is 48.5 Å². The number of benzene rings is 2. The maximum absolute atomic E-state index is 6.33. The lowest BCUT2D eigenvalue weighted by Gasteiger charge is -2.35. The second-order valence-electron chi connectivity index (χ2n) is 11.9. The molecule has 0 radical (unpaired) electrons. The number of hydrogen-bond donors (Lipinski definition) is 0. The van der Waals surface area contributed by atoms with Gasteiger partial charge in [-0.1, -0.05) is 51.0 Å². The van der Waals surface area contributed by atoms with Crippen molar-refractivity contribution in [1.29, 1.82) is 0 Å². The van der Waals surface area contributed by atoms with Gasteiger partial charge in [0, 0.05) is 12.2 Å². The minimum absolute atomic E-state index is 0.447. The summed E-state index contributed by atoms with van der Waals surface area (Å²) >= 11 is 0. The summed E-state index contributed by atoms with van der Waals surface area (Å²) in [5.41, 5.74) is 2.59. The molecule has 0 aliphatic carbocycles. The minimum atomic E-state index is -1.51. The van der Waals surface area contributed by atoms with Gasteiger partial charge < -0.3 is 18.3 Å². The van der Waals surface area contributed by atoms with Crippen LogP contribution in [-0.2, 0) is 15.3 Å². The van der Waals surface area contributed by atoms with E-state index in [2.05, 4.69) is 75.5 Å². The lowest BCUT2D eigenvalue weighted by Crippen LogP contribution is -2.41. The summed E-state index contributed by atoms with van der Waals surface area (Å²) in [6.45, 7) is 14.8. The van der Waals surface area contributed by atoms with Crippen LogP contribution in [0.25, 0.3) is 0 Å². The average molecular weight is 571 g/mol. The van der Waals surface area contributed by atoms with E-state index in [1.54, 1.807) is 0 Å². The maximum Gasteiger partial charge on any atom is 0.190 e. The van der Waals surface area contributed by atoms with Crippen molar-refractivity contribution in [2.75, 3.05) is 13.2 Å². The van der Waals surface area contributed by atoms with E-state index in [4.69, 9.17) is 18.3 Å². The van der Waals surface area contributed by atoms with E-state index >= 15 is 0 Å². The average Bonchev–Trinajstić information content (AvgIpc) is 2.92. The van der Waals surface area contributed by atoms with Crippen LogP contribution in [0.4, 0.5) is 0 Å². The van der Waals surface area contributed by atoms with Gasteiger partial charge in [0.1, 0.15) is 11.5 Å². The number of hydrogen-bond acceptors (Lipinski definition) is 4. The third-order valence-electron chi connectivity index (χ3n) is 8.10. The van der Waals surface area contributed by atoms with Crippen LogP contribution in [0, 0.1) is 0 Å². The Morgan fingerprint density at radius 1 is 0.667 bits per heavy atom. The second-order valence-corrected chi connectivity index (χ2v) is 20.2. The van der Waals surface area contributed by atoms with E-state index in [0.717, 1.165) is 44.0 Å². The third-order valence-corrected chi connectivity index (χ3v) is 15.7. The molecule has 0 spiro atoms. The molecule has 39 heavy (non-hydrogen) atoms. The highest BCUT2D eigenvalue weighted by Gasteiger charge is 2.34. The van der Waals surface area contributed by atoms with Gasteiger partial charge in [0.25, 0.3) is 0 Å². The van der Waals surface area contributed by atoms with Crippen LogP contribution in [0.1, 0.15) is 77.3 Å². The van der Waals surface area contributed by atoms with Crippen molar-refractivity contribution in [2.24, 2.45) is 0 Å². The maximum atomic E-state index is 6.33. The van der Waals surface area contributed by atoms with Crippen molar-refractivity contribution in [3.05, 3.63) is 59.7 Å². The number of ether oxygens (including phenoxy) is 2. The van der Waals surface area contributed by atoms with Crippen LogP contribution in [0.3, 0.4) is 0 Å². The fraction of sp³-hybridized carbons (Fsp3) is 0.636. The fourth-order valence-corrected chi connectivity index (χ4v) is 12.9. The quantitative estimate of drug-likeness (QED) is 0.188. The summed E-state index contributed by atoms with van der Waals surface area (Å²) in [5.74, 6) is 1.92. The smallest absolute Gasteiger partial charge is 0.190 e. The van der Waals surface area contributed by atoms with Crippen molar-refractivity contribution >= 4 is 16.6 Å².